The van der Waals surface area contributed by atoms with Gasteiger partial charge in [0.2, 0.25) is 11.8 Å². The van der Waals surface area contributed by atoms with E-state index in [0.717, 1.165) is 54.6 Å². The molecule has 0 unspecified atom stereocenters. The summed E-state index contributed by atoms with van der Waals surface area (Å²) >= 11 is 0. The zero-order valence-electron chi connectivity index (χ0n) is 35.8. The van der Waals surface area contributed by atoms with E-state index >= 15 is 4.39 Å². The lowest BCUT2D eigenvalue weighted by molar-refractivity contribution is -0.163. The summed E-state index contributed by atoms with van der Waals surface area (Å²) < 4.78 is 22.1. The fourth-order valence-corrected chi connectivity index (χ4v) is 10.8. The number of benzene rings is 2. The molecule has 5 aliphatic rings. The molecule has 1 saturated carbocycles. The molecule has 0 bridgehead atoms. The van der Waals surface area contributed by atoms with E-state index in [2.05, 4.69) is 59.2 Å². The van der Waals surface area contributed by atoms with Gasteiger partial charge < -0.3 is 19.9 Å². The van der Waals surface area contributed by atoms with E-state index in [0.29, 0.717) is 54.5 Å². The summed E-state index contributed by atoms with van der Waals surface area (Å²) in [4.78, 5) is 80.7. The first-order valence-electron chi connectivity index (χ1n) is 21.6. The number of hydrogen-bond acceptors (Lipinski definition) is 12. The molecular formula is C47H50FN9O6. The molecule has 4 aliphatic heterocycles. The molecule has 326 valence electrons. The van der Waals surface area contributed by atoms with Gasteiger partial charge in [0.1, 0.15) is 35.6 Å². The van der Waals surface area contributed by atoms with Crippen LogP contribution in [0.15, 0.2) is 60.9 Å². The van der Waals surface area contributed by atoms with E-state index in [1.165, 1.54) is 6.07 Å². The standard InChI is InChI=1S/C47H50FN9O6/c1-46(2)44(47(3,4)45(46)63-36-10-7-28(24-49)39-30(36)6-5-15-50-39)53-40(59)29-8-11-37(51-25-29)56-16-13-27(14-17-56)26-54-18-20-55(21-19-54)35-23-32-31(22-33(35)48)42(61)57(43(32)62)34-9-12-38(58)52-41(34)60/h5-8,10-11,15,22-23,25,27,34,44-45H,9,12-14,16-21,26H2,1-4H3,(H,53,59)(H,52,58,60)/t34-,44?,45?/m0/s1. The van der Waals surface area contributed by atoms with E-state index in [4.69, 9.17) is 9.72 Å². The molecule has 63 heavy (non-hydrogen) atoms. The number of anilines is 2. The molecule has 1 aliphatic carbocycles. The molecule has 5 amide bonds. The topological polar surface area (TPSA) is 181 Å². The lowest BCUT2D eigenvalue weighted by Crippen LogP contribution is -2.74. The number of piperazine rings is 1. The molecule has 0 spiro atoms. The number of amides is 5. The van der Waals surface area contributed by atoms with Crippen molar-refractivity contribution in [3.05, 3.63) is 89.0 Å². The van der Waals surface area contributed by atoms with Gasteiger partial charge >= 0.3 is 0 Å². The Balaban J connectivity index is 0.748. The second-order valence-electron chi connectivity index (χ2n) is 18.6. The number of fused-ring (bicyclic) bond motifs is 2. The van der Waals surface area contributed by atoms with Crippen molar-refractivity contribution in [1.82, 2.24) is 30.4 Å². The minimum atomic E-state index is -1.11. The predicted octanol–water partition coefficient (Wildman–Crippen LogP) is 4.69. The first-order chi connectivity index (χ1) is 30.1. The van der Waals surface area contributed by atoms with Gasteiger partial charge in [-0.1, -0.05) is 27.7 Å². The average Bonchev–Trinajstić information content (AvgIpc) is 3.51. The third-order valence-corrected chi connectivity index (χ3v) is 13.9. The van der Waals surface area contributed by atoms with Crippen LogP contribution in [-0.2, 0) is 9.59 Å². The van der Waals surface area contributed by atoms with Crippen molar-refractivity contribution in [2.45, 2.75) is 71.6 Å². The zero-order valence-corrected chi connectivity index (χ0v) is 35.8. The molecule has 2 aromatic carbocycles. The molecular weight excluding hydrogens is 806 g/mol. The molecule has 6 heterocycles. The van der Waals surface area contributed by atoms with Crippen LogP contribution in [0.25, 0.3) is 10.9 Å². The first kappa shape index (κ1) is 41.9. The maximum absolute atomic E-state index is 15.5. The number of nitrogens with zero attached hydrogens (tertiary/aromatic N) is 7. The van der Waals surface area contributed by atoms with Crippen LogP contribution in [0, 0.1) is 33.9 Å². The van der Waals surface area contributed by atoms with Crippen molar-refractivity contribution in [3.8, 4) is 11.8 Å². The summed E-state index contributed by atoms with van der Waals surface area (Å²) in [7, 11) is 0. The highest BCUT2D eigenvalue weighted by Gasteiger charge is 2.64. The monoisotopic (exact) mass is 855 g/mol. The summed E-state index contributed by atoms with van der Waals surface area (Å²) in [6, 6.07) is 14.5. The van der Waals surface area contributed by atoms with Gasteiger partial charge in [0, 0.05) is 86.9 Å². The number of rotatable bonds is 9. The van der Waals surface area contributed by atoms with Crippen LogP contribution in [0.3, 0.4) is 0 Å². The Bertz CT molecular complexity index is 2560. The van der Waals surface area contributed by atoms with Crippen molar-refractivity contribution in [1.29, 1.82) is 5.26 Å². The van der Waals surface area contributed by atoms with E-state index < -0.39 is 46.3 Å². The SMILES string of the molecule is CC1(C)C(NC(=O)c2ccc(N3CCC(CN4CCN(c5cc6c(cc5F)C(=O)N([C@H]5CCC(=O)NC5=O)C6=O)CC4)CC3)nc2)C(C)(C)C1Oc1ccc(C#N)c2ncccc12. The summed E-state index contributed by atoms with van der Waals surface area (Å²) in [6.45, 7) is 13.5. The highest BCUT2D eigenvalue weighted by atomic mass is 19.1. The van der Waals surface area contributed by atoms with Gasteiger partial charge in [0.25, 0.3) is 17.7 Å². The number of carbonyl (C=O) groups excluding carboxylic acids is 5. The van der Waals surface area contributed by atoms with Crippen LogP contribution < -0.4 is 25.2 Å². The third-order valence-electron chi connectivity index (χ3n) is 13.9. The fraction of sp³-hybridized carbons (Fsp3) is 0.447. The first-order valence-corrected chi connectivity index (χ1v) is 21.6. The van der Waals surface area contributed by atoms with Crippen LogP contribution >= 0.6 is 0 Å². The number of nitriles is 1. The Kier molecular flexibility index (Phi) is 10.6. The lowest BCUT2D eigenvalue weighted by atomic mass is 9.49. The molecule has 2 N–H and O–H groups in total. The Labute approximate surface area is 364 Å². The van der Waals surface area contributed by atoms with Gasteiger partial charge in [-0.25, -0.2) is 9.37 Å². The largest absolute Gasteiger partial charge is 0.488 e. The summed E-state index contributed by atoms with van der Waals surface area (Å²) in [6.07, 6.45) is 5.10. The maximum Gasteiger partial charge on any atom is 0.262 e. The van der Waals surface area contributed by atoms with Gasteiger partial charge in [-0.15, -0.1) is 0 Å². The Morgan fingerprint density at radius 2 is 1.62 bits per heavy atom. The minimum Gasteiger partial charge on any atom is -0.488 e. The van der Waals surface area contributed by atoms with E-state index in [1.807, 2.05) is 35.2 Å². The lowest BCUT2D eigenvalue weighted by Gasteiger charge is -2.63. The quantitative estimate of drug-likeness (QED) is 0.222. The Morgan fingerprint density at radius 3 is 2.29 bits per heavy atom. The van der Waals surface area contributed by atoms with E-state index in [-0.39, 0.29) is 47.7 Å². The normalized spacial score (nSPS) is 23.6. The summed E-state index contributed by atoms with van der Waals surface area (Å²) in [5, 5.41) is 15.8. The third kappa shape index (κ3) is 7.41. The highest BCUT2D eigenvalue weighted by molar-refractivity contribution is 6.23. The van der Waals surface area contributed by atoms with Crippen LogP contribution in [-0.4, -0.2) is 113 Å². The molecule has 4 aromatic rings. The van der Waals surface area contributed by atoms with Gasteiger partial charge in [-0.2, -0.15) is 5.26 Å². The summed E-state index contributed by atoms with van der Waals surface area (Å²) in [5.74, 6) is -1.36. The van der Waals surface area contributed by atoms with Crippen molar-refractivity contribution < 1.29 is 33.1 Å². The van der Waals surface area contributed by atoms with Crippen molar-refractivity contribution in [2.75, 3.05) is 55.6 Å². The zero-order chi connectivity index (χ0) is 44.4. The van der Waals surface area contributed by atoms with Gasteiger partial charge in [0.15, 0.2) is 0 Å². The summed E-state index contributed by atoms with van der Waals surface area (Å²) in [5.41, 5.74) is 1.03. The number of nitrogens with one attached hydrogen (secondary N) is 2. The molecule has 3 saturated heterocycles. The van der Waals surface area contributed by atoms with Crippen molar-refractivity contribution in [2.24, 2.45) is 16.7 Å². The van der Waals surface area contributed by atoms with E-state index in [1.54, 1.807) is 18.5 Å². The number of imide groups is 2. The van der Waals surface area contributed by atoms with Crippen LogP contribution in [0.1, 0.15) is 90.0 Å². The van der Waals surface area contributed by atoms with Crippen LogP contribution in [0.4, 0.5) is 15.9 Å². The number of ether oxygens (including phenoxy) is 1. The fourth-order valence-electron chi connectivity index (χ4n) is 10.8. The molecule has 16 heteroatoms. The minimum absolute atomic E-state index is 0.0123. The number of aromatic nitrogens is 2. The van der Waals surface area contributed by atoms with Crippen molar-refractivity contribution in [3.63, 3.8) is 0 Å². The number of piperidine rings is 2. The highest BCUT2D eigenvalue weighted by Crippen LogP contribution is 2.56. The smallest absolute Gasteiger partial charge is 0.262 e. The molecule has 15 nitrogen and oxygen atoms in total. The van der Waals surface area contributed by atoms with E-state index in [9.17, 15) is 29.2 Å². The van der Waals surface area contributed by atoms with Crippen LogP contribution in [0.2, 0.25) is 0 Å². The predicted molar refractivity (Wildman–Crippen MR) is 231 cm³/mol. The van der Waals surface area contributed by atoms with Gasteiger partial charge in [0.05, 0.1) is 33.5 Å². The number of pyridine rings is 2. The number of halogens is 1. The van der Waals surface area contributed by atoms with Gasteiger partial charge in [-0.3, -0.25) is 44.1 Å². The molecule has 2 aromatic heterocycles. The average molecular weight is 856 g/mol. The Morgan fingerprint density at radius 1 is 0.905 bits per heavy atom. The molecule has 1 atom stereocenters. The maximum atomic E-state index is 15.5. The second-order valence-corrected chi connectivity index (χ2v) is 18.6. The van der Waals surface area contributed by atoms with Gasteiger partial charge in [-0.05, 0) is 73.7 Å². The van der Waals surface area contributed by atoms with Crippen LogP contribution in [0.5, 0.6) is 5.75 Å². The van der Waals surface area contributed by atoms with Crippen molar-refractivity contribution >= 4 is 51.9 Å². The molecule has 0 radical (unpaired) electrons. The Hall–Kier alpha value is -6.47. The number of carbonyl (C=O) groups is 5. The molecule has 4 fully saturated rings. The second kappa shape index (κ2) is 16.0. The number of hydrogen-bond donors (Lipinski definition) is 2. The molecule has 9 rings (SSSR count).